The van der Waals surface area contributed by atoms with E-state index in [-0.39, 0.29) is 6.10 Å². The van der Waals surface area contributed by atoms with E-state index in [1.807, 2.05) is 0 Å². The molecule has 1 aromatic rings. The Labute approximate surface area is 238 Å². The maximum atomic E-state index is 10.8. The van der Waals surface area contributed by atoms with Crippen LogP contribution in [0.2, 0.25) is 19.6 Å². The molecule has 0 amide bonds. The van der Waals surface area contributed by atoms with E-state index < -0.39 is 8.32 Å². The van der Waals surface area contributed by atoms with E-state index in [4.69, 9.17) is 8.84 Å². The number of aromatic nitrogens is 2. The highest BCUT2D eigenvalue weighted by Gasteiger charge is 2.65. The maximum absolute atomic E-state index is 10.8. The average molecular weight is 557 g/mol. The fourth-order valence-electron chi connectivity index (χ4n) is 10.9. The minimum Gasteiger partial charge on any atom is -0.425 e. The first kappa shape index (κ1) is 28.4. The zero-order valence-corrected chi connectivity index (χ0v) is 26.9. The van der Waals surface area contributed by atoms with E-state index in [9.17, 15) is 5.11 Å². The summed E-state index contributed by atoms with van der Waals surface area (Å²) in [6.07, 6.45) is 14.5. The molecule has 5 fully saturated rings. The predicted molar refractivity (Wildman–Crippen MR) is 158 cm³/mol. The van der Waals surface area contributed by atoms with Gasteiger partial charge in [-0.3, -0.25) is 0 Å². The molecule has 220 valence electrons. The minimum absolute atomic E-state index is 0.119. The summed E-state index contributed by atoms with van der Waals surface area (Å²) in [5.74, 6) is 7.05. The Morgan fingerprint density at radius 1 is 0.974 bits per heavy atom. The van der Waals surface area contributed by atoms with Crippen LogP contribution in [0.15, 0.2) is 4.42 Å². The summed E-state index contributed by atoms with van der Waals surface area (Å²) in [5.41, 5.74) is 0.747. The molecule has 0 bridgehead atoms. The van der Waals surface area contributed by atoms with Gasteiger partial charge >= 0.3 is 0 Å². The molecule has 5 nitrogen and oxygen atoms in total. The lowest BCUT2D eigenvalue weighted by Crippen LogP contribution is -2.63. The number of hydrogen-bond acceptors (Lipinski definition) is 5. The molecule has 5 saturated carbocycles. The van der Waals surface area contributed by atoms with E-state index in [2.05, 4.69) is 57.5 Å². The molecule has 5 aliphatic carbocycles. The molecule has 6 heteroatoms. The molecular formula is C33H56N2O3Si. The Bertz CT molecular complexity index is 1020. The van der Waals surface area contributed by atoms with E-state index in [0.29, 0.717) is 46.5 Å². The van der Waals surface area contributed by atoms with Crippen molar-refractivity contribution in [2.24, 2.45) is 52.3 Å². The average Bonchev–Trinajstić information content (AvgIpc) is 3.50. The van der Waals surface area contributed by atoms with E-state index in [1.54, 1.807) is 0 Å². The molecule has 0 aromatic carbocycles. The quantitative estimate of drug-likeness (QED) is 0.329. The molecule has 1 N–H and O–H groups in total. The summed E-state index contributed by atoms with van der Waals surface area (Å²) in [6.45, 7) is 17.4. The van der Waals surface area contributed by atoms with Crippen LogP contribution in [0.25, 0.3) is 0 Å². The predicted octanol–water partition coefficient (Wildman–Crippen LogP) is 8.00. The molecule has 0 radical (unpaired) electrons. The Balaban J connectivity index is 1.25. The molecule has 5 aliphatic rings. The highest BCUT2D eigenvalue weighted by atomic mass is 28.4. The normalized spacial score (nSPS) is 44.9. The van der Waals surface area contributed by atoms with Crippen molar-refractivity contribution in [1.29, 1.82) is 0 Å². The lowest BCUT2D eigenvalue weighted by molar-refractivity contribution is -0.198. The number of aliphatic hydroxyl groups excluding tert-OH is 1. The topological polar surface area (TPSA) is 68.4 Å². The Hall–Kier alpha value is -0.723. The Morgan fingerprint density at radius 3 is 2.38 bits per heavy atom. The van der Waals surface area contributed by atoms with Crippen molar-refractivity contribution >= 4 is 8.32 Å². The second-order valence-corrected chi connectivity index (χ2v) is 20.6. The van der Waals surface area contributed by atoms with Crippen LogP contribution in [0.4, 0.5) is 0 Å². The first-order chi connectivity index (χ1) is 18.4. The van der Waals surface area contributed by atoms with Crippen molar-refractivity contribution in [3.05, 3.63) is 11.8 Å². The van der Waals surface area contributed by atoms with E-state index >= 15 is 0 Å². The van der Waals surface area contributed by atoms with Crippen molar-refractivity contribution < 1.29 is 13.9 Å². The highest BCUT2D eigenvalue weighted by molar-refractivity contribution is 6.69. The van der Waals surface area contributed by atoms with Gasteiger partial charge in [-0.05, 0) is 136 Å². The number of aliphatic hydroxyl groups is 1. The summed E-state index contributed by atoms with van der Waals surface area (Å²) in [6, 6.07) is 0. The third-order valence-corrected chi connectivity index (χ3v) is 13.8. The molecule has 0 saturated heterocycles. The van der Waals surface area contributed by atoms with Gasteiger partial charge in [-0.2, -0.15) is 0 Å². The van der Waals surface area contributed by atoms with E-state index in [0.717, 1.165) is 55.2 Å². The van der Waals surface area contributed by atoms with Crippen molar-refractivity contribution in [2.75, 3.05) is 0 Å². The molecule has 1 unspecified atom stereocenters. The standard InChI is InChI=1S/C33H56N2O3Si/c1-8-23-27-19-22(36)15-17-33(27,4)26-16-18-32(3)24(12-13-25(32)29(26)30(23)38-39(5,6)7)20(2)9-14-28-34-35-31(37-28)21-10-11-21/h20-27,29-30,36H,8-19H2,1-7H3/t20-,22-,23-,24-,25+,26+,27?,29+,30-,32-,33-/m1/s1. The minimum atomic E-state index is -1.72. The van der Waals surface area contributed by atoms with Crippen LogP contribution in [0.5, 0.6) is 0 Å². The second-order valence-electron chi connectivity index (χ2n) is 16.2. The molecule has 39 heavy (non-hydrogen) atoms. The van der Waals surface area contributed by atoms with Crippen LogP contribution >= 0.6 is 0 Å². The van der Waals surface area contributed by atoms with Crippen LogP contribution < -0.4 is 0 Å². The zero-order valence-electron chi connectivity index (χ0n) is 25.9. The summed E-state index contributed by atoms with van der Waals surface area (Å²) >= 11 is 0. The van der Waals surface area contributed by atoms with Gasteiger partial charge in [-0.25, -0.2) is 0 Å². The second kappa shape index (κ2) is 10.2. The SMILES string of the molecule is CC[C@@H]1C2C[C@H](O)CC[C@]2(C)[C@H]2CC[C@]3(C)[C@@H]([C@H](C)CCc4nnc(C5CC5)o4)CC[C@H]3[C@@H]2[C@@H]1O[Si](C)(C)C. The van der Waals surface area contributed by atoms with Crippen LogP contribution in [0, 0.1) is 52.3 Å². The summed E-state index contributed by atoms with van der Waals surface area (Å²) in [7, 11) is -1.72. The lowest BCUT2D eigenvalue weighted by atomic mass is 9.41. The molecule has 0 spiro atoms. The van der Waals surface area contributed by atoms with Crippen LogP contribution in [0.3, 0.4) is 0 Å². The van der Waals surface area contributed by atoms with E-state index in [1.165, 1.54) is 51.4 Å². The van der Waals surface area contributed by atoms with Gasteiger partial charge in [0.2, 0.25) is 11.8 Å². The van der Waals surface area contributed by atoms with Crippen molar-refractivity contribution in [1.82, 2.24) is 10.2 Å². The first-order valence-corrected chi connectivity index (χ1v) is 20.0. The lowest BCUT2D eigenvalue weighted by Gasteiger charge is -2.66. The molecule has 1 aromatic heterocycles. The van der Waals surface area contributed by atoms with Gasteiger partial charge < -0.3 is 13.9 Å². The molecule has 11 atom stereocenters. The Kier molecular flexibility index (Phi) is 7.44. The number of nitrogens with zero attached hydrogens (tertiary/aromatic N) is 2. The van der Waals surface area contributed by atoms with Gasteiger partial charge in [0.05, 0.1) is 12.2 Å². The monoisotopic (exact) mass is 556 g/mol. The fourth-order valence-corrected chi connectivity index (χ4v) is 12.0. The smallest absolute Gasteiger partial charge is 0.219 e. The molecule has 1 heterocycles. The van der Waals surface area contributed by atoms with Gasteiger partial charge in [0.15, 0.2) is 8.32 Å². The summed E-state index contributed by atoms with van der Waals surface area (Å²) in [5, 5.41) is 19.5. The fraction of sp³-hybridized carbons (Fsp3) is 0.939. The maximum Gasteiger partial charge on any atom is 0.219 e. The molecule has 0 aliphatic heterocycles. The number of rotatable bonds is 8. The van der Waals surface area contributed by atoms with Gasteiger partial charge in [-0.1, -0.05) is 34.1 Å². The molecule has 6 rings (SSSR count). The van der Waals surface area contributed by atoms with Crippen molar-refractivity contribution in [3.63, 3.8) is 0 Å². The van der Waals surface area contributed by atoms with Gasteiger partial charge in [0.1, 0.15) is 0 Å². The van der Waals surface area contributed by atoms with Gasteiger partial charge in [0, 0.05) is 12.3 Å². The number of hydrogen-bond donors (Lipinski definition) is 1. The third-order valence-electron chi connectivity index (χ3n) is 12.8. The third kappa shape index (κ3) is 5.00. The van der Waals surface area contributed by atoms with Gasteiger partial charge in [0.25, 0.3) is 0 Å². The van der Waals surface area contributed by atoms with Crippen molar-refractivity contribution in [3.8, 4) is 0 Å². The summed E-state index contributed by atoms with van der Waals surface area (Å²) in [4.78, 5) is 0. The van der Waals surface area contributed by atoms with Crippen LogP contribution in [-0.4, -0.2) is 35.8 Å². The van der Waals surface area contributed by atoms with Gasteiger partial charge in [-0.15, -0.1) is 10.2 Å². The number of aryl methyl sites for hydroxylation is 1. The zero-order chi connectivity index (χ0) is 27.7. The first-order valence-electron chi connectivity index (χ1n) is 16.6. The summed E-state index contributed by atoms with van der Waals surface area (Å²) < 4.78 is 13.3. The van der Waals surface area contributed by atoms with Crippen molar-refractivity contribution in [2.45, 2.75) is 143 Å². The van der Waals surface area contributed by atoms with Crippen LogP contribution in [0.1, 0.15) is 116 Å². The largest absolute Gasteiger partial charge is 0.425 e. The highest BCUT2D eigenvalue weighted by Crippen LogP contribution is 2.70. The Morgan fingerprint density at radius 2 is 1.69 bits per heavy atom. The molecular weight excluding hydrogens is 500 g/mol. The van der Waals surface area contributed by atoms with Crippen LogP contribution in [-0.2, 0) is 10.8 Å². The number of fused-ring (bicyclic) bond motifs is 5.